The van der Waals surface area contributed by atoms with Crippen LogP contribution in [0.5, 0.6) is 0 Å². The highest BCUT2D eigenvalue weighted by molar-refractivity contribution is 4.81. The van der Waals surface area contributed by atoms with E-state index in [4.69, 9.17) is 0 Å². The number of rotatable bonds is 11. The van der Waals surface area contributed by atoms with Crippen molar-refractivity contribution in [1.29, 1.82) is 0 Å². The van der Waals surface area contributed by atoms with E-state index in [0.717, 1.165) is 13.0 Å². The van der Waals surface area contributed by atoms with Gasteiger partial charge in [-0.3, -0.25) is 0 Å². The van der Waals surface area contributed by atoms with Gasteiger partial charge in [-0.2, -0.15) is 0 Å². The molecular weight excluding hydrogens is 212 g/mol. The van der Waals surface area contributed by atoms with Gasteiger partial charge in [-0.1, -0.05) is 26.7 Å². The molecule has 0 aliphatic carbocycles. The summed E-state index contributed by atoms with van der Waals surface area (Å²) in [5.74, 6) is 0. The van der Waals surface area contributed by atoms with Crippen molar-refractivity contribution < 1.29 is 5.11 Å². The molecule has 0 rings (SSSR count). The molecule has 0 aromatic heterocycles. The Morgan fingerprint density at radius 1 is 1.12 bits per heavy atom. The van der Waals surface area contributed by atoms with Crippen molar-refractivity contribution in [3.05, 3.63) is 0 Å². The van der Waals surface area contributed by atoms with Crippen molar-refractivity contribution in [2.75, 3.05) is 33.3 Å². The molecule has 0 aliphatic rings. The summed E-state index contributed by atoms with van der Waals surface area (Å²) in [6.07, 6.45) is 6.02. The molecule has 0 amide bonds. The van der Waals surface area contributed by atoms with Crippen LogP contribution in [0.4, 0.5) is 0 Å². The van der Waals surface area contributed by atoms with E-state index >= 15 is 0 Å². The van der Waals surface area contributed by atoms with E-state index < -0.39 is 0 Å². The molecule has 3 heteroatoms. The highest BCUT2D eigenvalue weighted by Crippen LogP contribution is 2.13. The first-order valence-corrected chi connectivity index (χ1v) is 7.12. The van der Waals surface area contributed by atoms with Gasteiger partial charge in [0.2, 0.25) is 0 Å². The first kappa shape index (κ1) is 16.9. The number of nitrogens with zero attached hydrogens (tertiary/aromatic N) is 1. The monoisotopic (exact) mass is 244 g/mol. The van der Waals surface area contributed by atoms with Crippen LogP contribution < -0.4 is 5.32 Å². The minimum atomic E-state index is -0.0866. The maximum absolute atomic E-state index is 9.37. The lowest BCUT2D eigenvalue weighted by Crippen LogP contribution is -2.45. The number of hydrogen-bond acceptors (Lipinski definition) is 3. The second-order valence-electron chi connectivity index (χ2n) is 5.36. The third-order valence-corrected chi connectivity index (χ3v) is 3.36. The fourth-order valence-corrected chi connectivity index (χ4v) is 2.09. The van der Waals surface area contributed by atoms with Crippen LogP contribution in [0.2, 0.25) is 0 Å². The smallest absolute Gasteiger partial charge is 0.0610 e. The third-order valence-electron chi connectivity index (χ3n) is 3.36. The van der Waals surface area contributed by atoms with E-state index in [1.165, 1.54) is 38.8 Å². The van der Waals surface area contributed by atoms with Gasteiger partial charge in [0, 0.05) is 5.54 Å². The van der Waals surface area contributed by atoms with Crippen LogP contribution in [0.3, 0.4) is 0 Å². The predicted molar refractivity (Wildman–Crippen MR) is 75.4 cm³/mol. The Balaban J connectivity index is 3.61. The zero-order chi connectivity index (χ0) is 13.1. The molecule has 0 aromatic rings. The van der Waals surface area contributed by atoms with E-state index in [-0.39, 0.29) is 12.1 Å². The fourth-order valence-electron chi connectivity index (χ4n) is 2.09. The minimum absolute atomic E-state index is 0.0866. The van der Waals surface area contributed by atoms with E-state index in [2.05, 4.69) is 38.0 Å². The lowest BCUT2D eigenvalue weighted by Gasteiger charge is -2.28. The standard InChI is InChI=1S/C14H32N2O/c1-5-7-11-16(4)12-9-8-10-14(3,13-17)15-6-2/h15,17H,5-13H2,1-4H3. The van der Waals surface area contributed by atoms with E-state index in [0.29, 0.717) is 0 Å². The van der Waals surface area contributed by atoms with E-state index in [9.17, 15) is 5.11 Å². The fraction of sp³-hybridized carbons (Fsp3) is 1.00. The molecule has 0 bridgehead atoms. The van der Waals surface area contributed by atoms with Crippen molar-refractivity contribution in [3.63, 3.8) is 0 Å². The summed E-state index contributed by atoms with van der Waals surface area (Å²) in [5, 5.41) is 12.7. The SMILES string of the molecule is CCCCN(C)CCCCC(C)(CO)NCC. The summed E-state index contributed by atoms with van der Waals surface area (Å²) >= 11 is 0. The zero-order valence-electron chi connectivity index (χ0n) is 12.3. The maximum atomic E-state index is 9.37. The summed E-state index contributed by atoms with van der Waals surface area (Å²) in [7, 11) is 2.20. The highest BCUT2D eigenvalue weighted by atomic mass is 16.3. The van der Waals surface area contributed by atoms with Gasteiger partial charge in [-0.25, -0.2) is 0 Å². The minimum Gasteiger partial charge on any atom is -0.394 e. The topological polar surface area (TPSA) is 35.5 Å². The number of aliphatic hydroxyl groups is 1. The Kier molecular flexibility index (Phi) is 9.79. The van der Waals surface area contributed by atoms with Crippen molar-refractivity contribution in [1.82, 2.24) is 10.2 Å². The van der Waals surface area contributed by atoms with Gasteiger partial charge in [0.05, 0.1) is 6.61 Å². The first-order chi connectivity index (χ1) is 8.08. The van der Waals surface area contributed by atoms with E-state index in [1.807, 2.05) is 0 Å². The van der Waals surface area contributed by atoms with Crippen LogP contribution in [-0.2, 0) is 0 Å². The summed E-state index contributed by atoms with van der Waals surface area (Å²) in [4.78, 5) is 2.41. The Morgan fingerprint density at radius 3 is 2.29 bits per heavy atom. The zero-order valence-corrected chi connectivity index (χ0v) is 12.3. The van der Waals surface area contributed by atoms with Gasteiger partial charge in [0.15, 0.2) is 0 Å². The van der Waals surface area contributed by atoms with Crippen LogP contribution in [0.15, 0.2) is 0 Å². The predicted octanol–water partition coefficient (Wildman–Crippen LogP) is 2.25. The van der Waals surface area contributed by atoms with Crippen LogP contribution >= 0.6 is 0 Å². The molecule has 0 spiro atoms. The van der Waals surface area contributed by atoms with Crippen LogP contribution in [0.25, 0.3) is 0 Å². The second kappa shape index (κ2) is 9.86. The molecule has 0 fully saturated rings. The second-order valence-corrected chi connectivity index (χ2v) is 5.36. The van der Waals surface area contributed by atoms with Crippen molar-refractivity contribution in [2.24, 2.45) is 0 Å². The van der Waals surface area contributed by atoms with Crippen molar-refractivity contribution >= 4 is 0 Å². The largest absolute Gasteiger partial charge is 0.394 e. The summed E-state index contributed by atoms with van der Waals surface area (Å²) in [6, 6.07) is 0. The molecular formula is C14H32N2O. The van der Waals surface area contributed by atoms with Gasteiger partial charge >= 0.3 is 0 Å². The van der Waals surface area contributed by atoms with Gasteiger partial charge in [0.1, 0.15) is 0 Å². The number of aliphatic hydroxyl groups excluding tert-OH is 1. The van der Waals surface area contributed by atoms with Gasteiger partial charge in [-0.15, -0.1) is 0 Å². The summed E-state index contributed by atoms with van der Waals surface area (Å²) in [6.45, 7) is 9.97. The molecule has 0 aliphatic heterocycles. The molecule has 2 N–H and O–H groups in total. The van der Waals surface area contributed by atoms with Crippen LogP contribution in [0, 0.1) is 0 Å². The normalized spacial score (nSPS) is 15.2. The quantitative estimate of drug-likeness (QED) is 0.547. The van der Waals surface area contributed by atoms with Crippen LogP contribution in [0.1, 0.15) is 52.9 Å². The number of hydrogen-bond donors (Lipinski definition) is 2. The average Bonchev–Trinajstić information content (AvgIpc) is 2.32. The van der Waals surface area contributed by atoms with Gasteiger partial charge in [-0.05, 0) is 52.9 Å². The molecule has 17 heavy (non-hydrogen) atoms. The molecule has 0 aromatic carbocycles. The lowest BCUT2D eigenvalue weighted by atomic mass is 9.95. The third kappa shape index (κ3) is 8.58. The van der Waals surface area contributed by atoms with Crippen molar-refractivity contribution in [3.8, 4) is 0 Å². The van der Waals surface area contributed by atoms with Crippen LogP contribution in [-0.4, -0.2) is 48.8 Å². The molecule has 0 saturated heterocycles. The van der Waals surface area contributed by atoms with E-state index in [1.54, 1.807) is 0 Å². The highest BCUT2D eigenvalue weighted by Gasteiger charge is 2.20. The number of unbranched alkanes of at least 4 members (excludes halogenated alkanes) is 2. The Morgan fingerprint density at radius 2 is 1.76 bits per heavy atom. The lowest BCUT2D eigenvalue weighted by molar-refractivity contribution is 0.163. The van der Waals surface area contributed by atoms with Gasteiger partial charge < -0.3 is 15.3 Å². The Bertz CT molecular complexity index is 176. The molecule has 0 heterocycles. The summed E-state index contributed by atoms with van der Waals surface area (Å²) < 4.78 is 0. The molecule has 104 valence electrons. The average molecular weight is 244 g/mol. The Hall–Kier alpha value is -0.120. The molecule has 3 nitrogen and oxygen atoms in total. The summed E-state index contributed by atoms with van der Waals surface area (Å²) in [5.41, 5.74) is -0.0866. The molecule has 1 atom stereocenters. The number of likely N-dealkylation sites (N-methyl/N-ethyl adjacent to an activating group) is 1. The maximum Gasteiger partial charge on any atom is 0.0610 e. The molecule has 0 radical (unpaired) electrons. The number of nitrogens with one attached hydrogen (secondary N) is 1. The molecule has 1 unspecified atom stereocenters. The molecule has 0 saturated carbocycles. The first-order valence-electron chi connectivity index (χ1n) is 7.12. The Labute approximate surface area is 108 Å². The van der Waals surface area contributed by atoms with Gasteiger partial charge in [0.25, 0.3) is 0 Å². The van der Waals surface area contributed by atoms with Crippen molar-refractivity contribution in [2.45, 2.75) is 58.4 Å².